The number of thioether (sulfide) groups is 1. The van der Waals surface area contributed by atoms with E-state index in [0.717, 1.165) is 42.1 Å². The lowest BCUT2D eigenvalue weighted by molar-refractivity contribution is -0.137. The minimum atomic E-state index is -4.43. The first-order valence-corrected chi connectivity index (χ1v) is 9.99. The molecule has 0 atom stereocenters. The van der Waals surface area contributed by atoms with Gasteiger partial charge in [0.05, 0.1) is 10.9 Å². The minimum absolute atomic E-state index is 0.0793. The second-order valence-corrected chi connectivity index (χ2v) is 7.76. The number of hydrogen-bond acceptors (Lipinski definition) is 6. The molecule has 1 aliphatic heterocycles. The fourth-order valence-corrected chi connectivity index (χ4v) is 3.95. The first-order chi connectivity index (χ1) is 13.8. The van der Waals surface area contributed by atoms with E-state index in [0.29, 0.717) is 11.5 Å². The maximum Gasteiger partial charge on any atom is 0.416 e. The van der Waals surface area contributed by atoms with Crippen molar-refractivity contribution < 1.29 is 18.0 Å². The molecule has 0 bridgehead atoms. The normalized spacial score (nSPS) is 15.0. The van der Waals surface area contributed by atoms with Gasteiger partial charge in [0.25, 0.3) is 5.91 Å². The molecule has 0 radical (unpaired) electrons. The first kappa shape index (κ1) is 19.5. The lowest BCUT2D eigenvalue weighted by Gasteiger charge is -2.27. The maximum atomic E-state index is 12.7. The summed E-state index contributed by atoms with van der Waals surface area (Å²) >= 11 is 1.85. The van der Waals surface area contributed by atoms with Crippen LogP contribution in [0, 0.1) is 0 Å². The van der Waals surface area contributed by atoms with Gasteiger partial charge >= 0.3 is 6.18 Å². The molecule has 152 valence electrons. The summed E-state index contributed by atoms with van der Waals surface area (Å²) < 4.78 is 39.7. The lowest BCUT2D eigenvalue weighted by Crippen LogP contribution is -2.33. The van der Waals surface area contributed by atoms with Crippen LogP contribution in [0.5, 0.6) is 0 Å². The Morgan fingerprint density at radius 3 is 2.48 bits per heavy atom. The SMILES string of the molecule is Cn1cc2c(N3CCSCC3)nc(C(=O)Nc3ccc(C(F)(F)F)cc3)nc2n1. The summed E-state index contributed by atoms with van der Waals surface area (Å²) in [7, 11) is 1.76. The number of anilines is 2. The second kappa shape index (κ2) is 7.54. The highest BCUT2D eigenvalue weighted by Crippen LogP contribution is 2.30. The summed E-state index contributed by atoms with van der Waals surface area (Å²) in [6, 6.07) is 4.22. The number of rotatable bonds is 3. The summed E-state index contributed by atoms with van der Waals surface area (Å²) in [6.07, 6.45) is -2.62. The number of carbonyl (C=O) groups is 1. The molecule has 1 fully saturated rings. The zero-order valence-electron chi connectivity index (χ0n) is 15.4. The molecule has 1 amide bonds. The van der Waals surface area contributed by atoms with Gasteiger partial charge in [0, 0.05) is 43.5 Å². The van der Waals surface area contributed by atoms with Crippen LogP contribution in [0.3, 0.4) is 0 Å². The first-order valence-electron chi connectivity index (χ1n) is 8.84. The topological polar surface area (TPSA) is 75.9 Å². The van der Waals surface area contributed by atoms with Gasteiger partial charge < -0.3 is 10.2 Å². The van der Waals surface area contributed by atoms with Crippen molar-refractivity contribution >= 4 is 40.2 Å². The maximum absolute atomic E-state index is 12.7. The molecule has 0 spiro atoms. The molecule has 0 saturated carbocycles. The third-order valence-electron chi connectivity index (χ3n) is 4.46. The van der Waals surface area contributed by atoms with Gasteiger partial charge in [0.2, 0.25) is 5.82 Å². The molecule has 11 heteroatoms. The largest absolute Gasteiger partial charge is 0.416 e. The van der Waals surface area contributed by atoms with Crippen molar-refractivity contribution in [3.8, 4) is 0 Å². The quantitative estimate of drug-likeness (QED) is 0.699. The van der Waals surface area contributed by atoms with Crippen LogP contribution in [-0.2, 0) is 13.2 Å². The molecule has 1 aromatic carbocycles. The van der Waals surface area contributed by atoms with Crippen LogP contribution in [0.4, 0.5) is 24.7 Å². The molecule has 4 rings (SSSR count). The van der Waals surface area contributed by atoms with Crippen LogP contribution < -0.4 is 10.2 Å². The zero-order valence-corrected chi connectivity index (χ0v) is 16.2. The van der Waals surface area contributed by atoms with E-state index >= 15 is 0 Å². The number of fused-ring (bicyclic) bond motifs is 1. The molecule has 1 N–H and O–H groups in total. The van der Waals surface area contributed by atoms with Crippen molar-refractivity contribution in [3.05, 3.63) is 41.9 Å². The standard InChI is InChI=1S/C18H17F3N6OS/c1-26-10-13-14(25-26)23-15(24-16(13)27-6-8-29-9-7-27)17(28)22-12-4-2-11(3-5-12)18(19,20)21/h2-5,10H,6-9H2,1H3,(H,22,28). The molecular weight excluding hydrogens is 405 g/mol. The minimum Gasteiger partial charge on any atom is -0.354 e. The second-order valence-electron chi connectivity index (χ2n) is 6.54. The Morgan fingerprint density at radius 1 is 1.14 bits per heavy atom. The van der Waals surface area contributed by atoms with Crippen molar-refractivity contribution in [2.45, 2.75) is 6.18 Å². The van der Waals surface area contributed by atoms with E-state index in [1.165, 1.54) is 12.1 Å². The predicted molar refractivity (Wildman–Crippen MR) is 105 cm³/mol. The van der Waals surface area contributed by atoms with E-state index in [2.05, 4.69) is 25.3 Å². The third kappa shape index (κ3) is 4.14. The Balaban J connectivity index is 1.63. The Hall–Kier alpha value is -2.82. The number of halogens is 3. The van der Waals surface area contributed by atoms with Gasteiger partial charge in [-0.25, -0.2) is 9.97 Å². The van der Waals surface area contributed by atoms with E-state index in [4.69, 9.17) is 0 Å². The summed E-state index contributed by atoms with van der Waals surface area (Å²) in [5.74, 6) is 1.87. The number of carbonyl (C=O) groups excluding carboxylic acids is 1. The van der Waals surface area contributed by atoms with E-state index in [1.807, 2.05) is 18.0 Å². The van der Waals surface area contributed by atoms with Crippen molar-refractivity contribution in [1.82, 2.24) is 19.7 Å². The number of alkyl halides is 3. The third-order valence-corrected chi connectivity index (χ3v) is 5.40. The van der Waals surface area contributed by atoms with Crippen LogP contribution in [0.2, 0.25) is 0 Å². The summed E-state index contributed by atoms with van der Waals surface area (Å²) in [4.78, 5) is 23.4. The molecule has 1 aliphatic rings. The van der Waals surface area contributed by atoms with E-state index < -0.39 is 17.6 Å². The number of aryl methyl sites for hydroxylation is 1. The van der Waals surface area contributed by atoms with Gasteiger partial charge in [-0.2, -0.15) is 30.0 Å². The molecule has 0 unspecified atom stereocenters. The van der Waals surface area contributed by atoms with Gasteiger partial charge in [-0.15, -0.1) is 0 Å². The smallest absolute Gasteiger partial charge is 0.354 e. The number of nitrogens with one attached hydrogen (secondary N) is 1. The Bertz CT molecular complexity index is 1040. The van der Waals surface area contributed by atoms with Gasteiger partial charge in [-0.3, -0.25) is 9.48 Å². The summed E-state index contributed by atoms with van der Waals surface area (Å²) in [5.41, 5.74) is -0.163. The van der Waals surface area contributed by atoms with Crippen LogP contribution in [0.1, 0.15) is 16.2 Å². The number of benzene rings is 1. The van der Waals surface area contributed by atoms with Crippen molar-refractivity contribution in [1.29, 1.82) is 0 Å². The van der Waals surface area contributed by atoms with Gasteiger partial charge in [-0.05, 0) is 24.3 Å². The molecular formula is C18H17F3N6OS. The lowest BCUT2D eigenvalue weighted by atomic mass is 10.2. The highest BCUT2D eigenvalue weighted by atomic mass is 32.2. The number of amides is 1. The van der Waals surface area contributed by atoms with Crippen molar-refractivity contribution in [3.63, 3.8) is 0 Å². The molecule has 1 saturated heterocycles. The molecule has 2 aromatic heterocycles. The van der Waals surface area contributed by atoms with E-state index in [-0.39, 0.29) is 11.5 Å². The summed E-state index contributed by atoms with van der Waals surface area (Å²) in [6.45, 7) is 1.59. The molecule has 0 aliphatic carbocycles. The molecule has 3 aromatic rings. The molecule has 3 heterocycles. The van der Waals surface area contributed by atoms with Gasteiger partial charge in [0.15, 0.2) is 5.65 Å². The Morgan fingerprint density at radius 2 is 1.83 bits per heavy atom. The van der Waals surface area contributed by atoms with Gasteiger partial charge in [0.1, 0.15) is 5.82 Å². The van der Waals surface area contributed by atoms with Gasteiger partial charge in [-0.1, -0.05) is 0 Å². The molecule has 7 nitrogen and oxygen atoms in total. The number of hydrogen-bond donors (Lipinski definition) is 1. The molecule has 29 heavy (non-hydrogen) atoms. The summed E-state index contributed by atoms with van der Waals surface area (Å²) in [5, 5.41) is 7.59. The van der Waals surface area contributed by atoms with Crippen molar-refractivity contribution in [2.24, 2.45) is 7.05 Å². The average Bonchev–Trinajstić information content (AvgIpc) is 3.07. The average molecular weight is 422 g/mol. The zero-order chi connectivity index (χ0) is 20.6. The van der Waals surface area contributed by atoms with Crippen LogP contribution in [0.15, 0.2) is 30.5 Å². The van der Waals surface area contributed by atoms with Crippen LogP contribution in [0.25, 0.3) is 11.0 Å². The van der Waals surface area contributed by atoms with E-state index in [1.54, 1.807) is 11.7 Å². The number of aromatic nitrogens is 4. The highest BCUT2D eigenvalue weighted by Gasteiger charge is 2.30. The highest BCUT2D eigenvalue weighted by molar-refractivity contribution is 7.99. The monoisotopic (exact) mass is 422 g/mol. The Labute approximate surface area is 168 Å². The van der Waals surface area contributed by atoms with Crippen LogP contribution in [-0.4, -0.2) is 50.3 Å². The fourth-order valence-electron chi connectivity index (χ4n) is 3.05. The fraction of sp³-hybridized carbons (Fsp3) is 0.333. The predicted octanol–water partition coefficient (Wildman–Crippen LogP) is 3.19. The Kier molecular flexibility index (Phi) is 5.07. The van der Waals surface area contributed by atoms with Crippen molar-refractivity contribution in [2.75, 3.05) is 34.8 Å². The number of nitrogens with zero attached hydrogens (tertiary/aromatic N) is 5. The van der Waals surface area contributed by atoms with Crippen LogP contribution >= 0.6 is 11.8 Å². The van der Waals surface area contributed by atoms with E-state index in [9.17, 15) is 18.0 Å².